The zero-order valence-electron chi connectivity index (χ0n) is 50.8. The lowest BCUT2D eigenvalue weighted by Gasteiger charge is -2.26. The van der Waals surface area contributed by atoms with Crippen LogP contribution >= 0.6 is 0 Å². The SMILES string of the molecule is CC/C=C\C/C=C\C/C=C\C/C=C\C/C=C\CCCCCCCCCCCCCCCCCCCCCC(=O)OC(COC(=O)CCCCCCCCC/C=C\CCCCCCCC)COC(OCC[N+](C)(C)C)C(=O)[O-]. The molecule has 0 fully saturated rings. The Balaban J connectivity index is 4.07. The molecule has 9 heteroatoms. The van der Waals surface area contributed by atoms with E-state index in [0.29, 0.717) is 17.4 Å². The number of quaternary nitrogens is 1. The van der Waals surface area contributed by atoms with E-state index in [2.05, 4.69) is 86.8 Å². The van der Waals surface area contributed by atoms with E-state index in [-0.39, 0.29) is 38.6 Å². The summed E-state index contributed by atoms with van der Waals surface area (Å²) in [7, 11) is 5.93. The molecule has 446 valence electrons. The second-order valence-corrected chi connectivity index (χ2v) is 22.7. The largest absolute Gasteiger partial charge is 0.545 e. The van der Waals surface area contributed by atoms with Crippen molar-refractivity contribution in [1.82, 2.24) is 0 Å². The van der Waals surface area contributed by atoms with E-state index in [1.54, 1.807) is 0 Å². The van der Waals surface area contributed by atoms with Gasteiger partial charge in [-0.2, -0.15) is 0 Å². The van der Waals surface area contributed by atoms with Gasteiger partial charge in [-0.1, -0.05) is 260 Å². The molecular formula is C68H121NO8. The van der Waals surface area contributed by atoms with E-state index in [1.807, 2.05) is 21.1 Å². The van der Waals surface area contributed by atoms with E-state index in [9.17, 15) is 19.5 Å². The van der Waals surface area contributed by atoms with Gasteiger partial charge < -0.3 is 33.3 Å². The maximum absolute atomic E-state index is 12.9. The molecule has 0 aliphatic carbocycles. The van der Waals surface area contributed by atoms with Crippen molar-refractivity contribution in [3.05, 3.63) is 72.9 Å². The molecule has 0 rings (SSSR count). The quantitative estimate of drug-likeness (QED) is 0.0195. The Bertz CT molecular complexity index is 1490. The van der Waals surface area contributed by atoms with Gasteiger partial charge in [-0.25, -0.2) is 0 Å². The highest BCUT2D eigenvalue weighted by atomic mass is 16.7. The third kappa shape index (κ3) is 60.2. The predicted octanol–water partition coefficient (Wildman–Crippen LogP) is 18.0. The number of rotatable bonds is 59. The minimum Gasteiger partial charge on any atom is -0.545 e. The molecule has 2 unspecified atom stereocenters. The summed E-state index contributed by atoms with van der Waals surface area (Å²) in [6.07, 6.45) is 74.0. The van der Waals surface area contributed by atoms with Crippen molar-refractivity contribution in [2.75, 3.05) is 47.5 Å². The molecule has 2 atom stereocenters. The summed E-state index contributed by atoms with van der Waals surface area (Å²) < 4.78 is 22.7. The number of hydrogen-bond donors (Lipinski definition) is 0. The van der Waals surface area contributed by atoms with Crippen LogP contribution in [0.4, 0.5) is 0 Å². The summed E-state index contributed by atoms with van der Waals surface area (Å²) in [4.78, 5) is 37.3. The fraction of sp³-hybridized carbons (Fsp3) is 0.779. The van der Waals surface area contributed by atoms with Crippen molar-refractivity contribution >= 4 is 17.9 Å². The Kier molecular flexibility index (Phi) is 56.4. The summed E-state index contributed by atoms with van der Waals surface area (Å²) in [6.45, 7) is 4.65. The number of likely N-dealkylation sites (N-methyl/N-ethyl adjacent to an activating group) is 1. The summed E-state index contributed by atoms with van der Waals surface area (Å²) in [5.74, 6) is -2.28. The minimum absolute atomic E-state index is 0.147. The molecule has 0 aromatic heterocycles. The smallest absolute Gasteiger partial charge is 0.306 e. The first-order chi connectivity index (χ1) is 37.6. The number of hydrogen-bond acceptors (Lipinski definition) is 8. The molecule has 0 heterocycles. The van der Waals surface area contributed by atoms with Gasteiger partial charge in [-0.3, -0.25) is 9.59 Å². The van der Waals surface area contributed by atoms with E-state index in [1.165, 1.54) is 180 Å². The van der Waals surface area contributed by atoms with Crippen LogP contribution < -0.4 is 5.11 Å². The number of unbranched alkanes of at least 4 members (excludes halogenated alkanes) is 32. The number of carboxylic acid groups (broad SMARTS) is 1. The number of ether oxygens (including phenoxy) is 4. The number of aliphatic carboxylic acids is 1. The Morgan fingerprint density at radius 1 is 0.403 bits per heavy atom. The monoisotopic (exact) mass is 1080 g/mol. The lowest BCUT2D eigenvalue weighted by molar-refractivity contribution is -0.870. The number of carbonyl (C=O) groups excluding carboxylic acids is 3. The average Bonchev–Trinajstić information content (AvgIpc) is 3.40. The van der Waals surface area contributed by atoms with Gasteiger partial charge in [0, 0.05) is 12.8 Å². The zero-order valence-corrected chi connectivity index (χ0v) is 50.8. The molecule has 0 spiro atoms. The lowest BCUT2D eigenvalue weighted by atomic mass is 10.0. The first-order valence-corrected chi connectivity index (χ1v) is 32.1. The fourth-order valence-electron chi connectivity index (χ4n) is 9.03. The normalized spacial score (nSPS) is 13.2. The van der Waals surface area contributed by atoms with Crippen LogP contribution in [0.5, 0.6) is 0 Å². The minimum atomic E-state index is -1.62. The standard InChI is InChI=1S/C68H121NO8/c1-6-8-10-12-14-16-18-20-22-24-25-26-27-28-29-30-31-32-33-34-35-36-37-38-39-40-41-43-45-47-49-51-53-55-57-59-66(71)77-64(63-76-68(67(72)73)74-61-60-69(3,4)5)62-75-65(70)58-56-54-52-50-48-46-44-42-23-21-19-17-15-13-11-9-7-2/h8,10,14,16,20-23,25-26,28-29,64,68H,6-7,9,11-13,15,17-19,24,27,30-63H2,1-5H3/b10-8-,16-14-,22-20-,23-21-,26-25-,29-28-. The van der Waals surface area contributed by atoms with Crippen LogP contribution in [0, 0.1) is 0 Å². The van der Waals surface area contributed by atoms with Crippen LogP contribution in [0.15, 0.2) is 72.9 Å². The van der Waals surface area contributed by atoms with Crippen LogP contribution in [0.3, 0.4) is 0 Å². The summed E-state index contributed by atoms with van der Waals surface area (Å²) in [6, 6.07) is 0. The number of allylic oxidation sites excluding steroid dienone is 12. The third-order valence-corrected chi connectivity index (χ3v) is 13.9. The fourth-order valence-corrected chi connectivity index (χ4v) is 9.03. The molecule has 0 aliphatic rings. The van der Waals surface area contributed by atoms with E-state index in [0.717, 1.165) is 70.6 Å². The number of carboxylic acids is 1. The van der Waals surface area contributed by atoms with Crippen molar-refractivity contribution in [2.24, 2.45) is 0 Å². The zero-order chi connectivity index (χ0) is 56.2. The van der Waals surface area contributed by atoms with Gasteiger partial charge in [0.05, 0.1) is 40.3 Å². The Morgan fingerprint density at radius 3 is 1.12 bits per heavy atom. The number of carbonyl (C=O) groups is 3. The maximum atomic E-state index is 12.9. The molecule has 0 aromatic rings. The van der Waals surface area contributed by atoms with Crippen LogP contribution in [0.1, 0.15) is 284 Å². The van der Waals surface area contributed by atoms with E-state index < -0.39 is 24.3 Å². The molecule has 0 bridgehead atoms. The summed E-state index contributed by atoms with van der Waals surface area (Å²) in [5.41, 5.74) is 0. The van der Waals surface area contributed by atoms with Gasteiger partial charge >= 0.3 is 11.9 Å². The van der Waals surface area contributed by atoms with Crippen molar-refractivity contribution in [3.63, 3.8) is 0 Å². The molecule has 0 N–H and O–H groups in total. The van der Waals surface area contributed by atoms with E-state index in [4.69, 9.17) is 18.9 Å². The molecular weight excluding hydrogens is 959 g/mol. The van der Waals surface area contributed by atoms with Gasteiger partial charge in [-0.05, 0) is 83.5 Å². The Morgan fingerprint density at radius 2 is 0.740 bits per heavy atom. The molecule has 77 heavy (non-hydrogen) atoms. The van der Waals surface area contributed by atoms with Crippen molar-refractivity contribution in [2.45, 2.75) is 296 Å². The average molecular weight is 1080 g/mol. The first kappa shape index (κ1) is 73.7. The molecule has 0 aliphatic heterocycles. The topological polar surface area (TPSA) is 111 Å². The maximum Gasteiger partial charge on any atom is 0.306 e. The second-order valence-electron chi connectivity index (χ2n) is 22.7. The van der Waals surface area contributed by atoms with Gasteiger partial charge in [0.25, 0.3) is 0 Å². The van der Waals surface area contributed by atoms with Gasteiger partial charge in [0.1, 0.15) is 13.2 Å². The highest BCUT2D eigenvalue weighted by Gasteiger charge is 2.22. The van der Waals surface area contributed by atoms with Crippen molar-refractivity contribution < 1.29 is 42.9 Å². The van der Waals surface area contributed by atoms with Gasteiger partial charge in [0.2, 0.25) is 0 Å². The third-order valence-electron chi connectivity index (χ3n) is 13.9. The first-order valence-electron chi connectivity index (χ1n) is 32.1. The van der Waals surface area contributed by atoms with E-state index >= 15 is 0 Å². The highest BCUT2D eigenvalue weighted by Crippen LogP contribution is 2.17. The van der Waals surface area contributed by atoms with Crippen LogP contribution in [-0.2, 0) is 33.3 Å². The number of esters is 2. The second kappa shape index (κ2) is 58.9. The summed E-state index contributed by atoms with van der Waals surface area (Å²) >= 11 is 0. The lowest BCUT2D eigenvalue weighted by Crippen LogP contribution is -2.44. The van der Waals surface area contributed by atoms with Gasteiger partial charge in [0.15, 0.2) is 12.4 Å². The number of nitrogens with zero attached hydrogens (tertiary/aromatic N) is 1. The van der Waals surface area contributed by atoms with Gasteiger partial charge in [-0.15, -0.1) is 0 Å². The predicted molar refractivity (Wildman–Crippen MR) is 325 cm³/mol. The highest BCUT2D eigenvalue weighted by molar-refractivity contribution is 5.70. The Hall–Kier alpha value is -3.27. The molecule has 0 saturated heterocycles. The summed E-state index contributed by atoms with van der Waals surface area (Å²) in [5, 5.41) is 11.8. The van der Waals surface area contributed by atoms with Crippen molar-refractivity contribution in [3.8, 4) is 0 Å². The molecule has 0 aromatic carbocycles. The van der Waals surface area contributed by atoms with Crippen molar-refractivity contribution in [1.29, 1.82) is 0 Å². The molecule has 9 nitrogen and oxygen atoms in total. The Labute approximate surface area is 475 Å². The van der Waals surface area contributed by atoms with Crippen LogP contribution in [0.25, 0.3) is 0 Å². The molecule has 0 radical (unpaired) electrons. The van der Waals surface area contributed by atoms with Crippen LogP contribution in [0.2, 0.25) is 0 Å². The van der Waals surface area contributed by atoms with Crippen LogP contribution in [-0.4, -0.2) is 82.3 Å². The molecule has 0 amide bonds. The molecule has 0 saturated carbocycles.